The molecular formula is C13H19Cl2N. The Kier molecular flexibility index (Phi) is 5.43. The predicted octanol–water partition coefficient (Wildman–Crippen LogP) is 4.56. The van der Waals surface area contributed by atoms with Crippen molar-refractivity contribution in [2.45, 2.75) is 26.7 Å². The van der Waals surface area contributed by atoms with Gasteiger partial charge in [-0.1, -0.05) is 37.6 Å². The van der Waals surface area contributed by atoms with E-state index in [1.165, 1.54) is 0 Å². The highest BCUT2D eigenvalue weighted by Crippen LogP contribution is 2.31. The van der Waals surface area contributed by atoms with Crippen molar-refractivity contribution >= 4 is 28.9 Å². The summed E-state index contributed by atoms with van der Waals surface area (Å²) in [6.07, 6.45) is 0. The number of rotatable bonds is 5. The fourth-order valence-electron chi connectivity index (χ4n) is 1.84. The van der Waals surface area contributed by atoms with E-state index in [1.54, 1.807) is 0 Å². The van der Waals surface area contributed by atoms with Gasteiger partial charge in [-0.2, -0.15) is 0 Å². The first-order valence-electron chi connectivity index (χ1n) is 5.68. The molecule has 0 N–H and O–H groups in total. The predicted molar refractivity (Wildman–Crippen MR) is 73.7 cm³/mol. The summed E-state index contributed by atoms with van der Waals surface area (Å²) in [4.78, 5) is 2.30. The van der Waals surface area contributed by atoms with E-state index in [9.17, 15) is 0 Å². The third kappa shape index (κ3) is 3.29. The maximum atomic E-state index is 6.26. The summed E-state index contributed by atoms with van der Waals surface area (Å²) in [6, 6.07) is 5.92. The van der Waals surface area contributed by atoms with Crippen LogP contribution in [0.3, 0.4) is 0 Å². The van der Waals surface area contributed by atoms with Crippen LogP contribution in [0.15, 0.2) is 18.2 Å². The van der Waals surface area contributed by atoms with E-state index in [1.807, 2.05) is 18.2 Å². The van der Waals surface area contributed by atoms with Crippen molar-refractivity contribution in [1.82, 2.24) is 0 Å². The molecule has 0 aliphatic rings. The average molecular weight is 260 g/mol. The van der Waals surface area contributed by atoms with Crippen molar-refractivity contribution < 1.29 is 0 Å². The smallest absolute Gasteiger partial charge is 0.0642 e. The first kappa shape index (κ1) is 13.7. The number of hydrogen-bond acceptors (Lipinski definition) is 1. The summed E-state index contributed by atoms with van der Waals surface area (Å²) in [5, 5.41) is 0.792. The lowest BCUT2D eigenvalue weighted by Gasteiger charge is -2.28. The minimum Gasteiger partial charge on any atom is -0.370 e. The Labute approximate surface area is 108 Å². The van der Waals surface area contributed by atoms with Gasteiger partial charge in [-0.3, -0.25) is 0 Å². The Balaban J connectivity index is 3.07. The lowest BCUT2D eigenvalue weighted by atomic mass is 10.1. The van der Waals surface area contributed by atoms with Crippen LogP contribution in [0, 0.1) is 5.92 Å². The topological polar surface area (TPSA) is 3.24 Å². The molecule has 0 aromatic heterocycles. The molecule has 0 fully saturated rings. The van der Waals surface area contributed by atoms with Crippen LogP contribution >= 0.6 is 23.2 Å². The lowest BCUT2D eigenvalue weighted by Crippen LogP contribution is -2.28. The highest BCUT2D eigenvalue weighted by molar-refractivity contribution is 6.33. The zero-order valence-electron chi connectivity index (χ0n) is 10.1. The van der Waals surface area contributed by atoms with Gasteiger partial charge in [0.15, 0.2) is 0 Å². The highest BCUT2D eigenvalue weighted by atomic mass is 35.5. The van der Waals surface area contributed by atoms with E-state index < -0.39 is 0 Å². The van der Waals surface area contributed by atoms with E-state index in [0.29, 0.717) is 11.8 Å². The van der Waals surface area contributed by atoms with Gasteiger partial charge in [0, 0.05) is 19.0 Å². The lowest BCUT2D eigenvalue weighted by molar-refractivity contribution is 0.618. The number of hydrogen-bond donors (Lipinski definition) is 0. The molecule has 1 aromatic rings. The summed E-state index contributed by atoms with van der Waals surface area (Å²) in [5.41, 5.74) is 2.20. The number of benzene rings is 1. The molecule has 1 aromatic carbocycles. The van der Waals surface area contributed by atoms with Crippen molar-refractivity contribution in [3.05, 3.63) is 28.8 Å². The van der Waals surface area contributed by atoms with Crippen LogP contribution in [-0.4, -0.2) is 13.1 Å². The maximum Gasteiger partial charge on any atom is 0.0642 e. The number of para-hydroxylation sites is 1. The standard InChI is InChI=1S/C13H19Cl2N/c1-4-16(9-10(2)3)13-11(8-14)6-5-7-12(13)15/h5-7,10H,4,8-9H2,1-3H3. The molecule has 0 unspecified atom stereocenters. The fourth-order valence-corrected chi connectivity index (χ4v) is 2.37. The monoisotopic (exact) mass is 259 g/mol. The van der Waals surface area contributed by atoms with Gasteiger partial charge < -0.3 is 4.90 Å². The van der Waals surface area contributed by atoms with Crippen molar-refractivity contribution in [2.75, 3.05) is 18.0 Å². The van der Waals surface area contributed by atoms with Crippen molar-refractivity contribution in [1.29, 1.82) is 0 Å². The summed E-state index contributed by atoms with van der Waals surface area (Å²) >= 11 is 12.2. The third-order valence-corrected chi connectivity index (χ3v) is 3.09. The molecule has 0 aliphatic heterocycles. The maximum absolute atomic E-state index is 6.26. The number of halogens is 2. The summed E-state index contributed by atoms with van der Waals surface area (Å²) in [5.74, 6) is 1.12. The quantitative estimate of drug-likeness (QED) is 0.701. The van der Waals surface area contributed by atoms with Gasteiger partial charge in [0.1, 0.15) is 0 Å². The average Bonchev–Trinajstić information content (AvgIpc) is 2.25. The molecule has 0 bridgehead atoms. The van der Waals surface area contributed by atoms with Crippen LogP contribution in [0.4, 0.5) is 5.69 Å². The zero-order valence-corrected chi connectivity index (χ0v) is 11.6. The molecule has 0 saturated carbocycles. The van der Waals surface area contributed by atoms with Crippen LogP contribution in [-0.2, 0) is 5.88 Å². The van der Waals surface area contributed by atoms with Crippen LogP contribution in [0.25, 0.3) is 0 Å². The minimum absolute atomic E-state index is 0.504. The Bertz CT molecular complexity index is 337. The third-order valence-electron chi connectivity index (χ3n) is 2.50. The van der Waals surface area contributed by atoms with Crippen molar-refractivity contribution in [2.24, 2.45) is 5.92 Å². The van der Waals surface area contributed by atoms with Gasteiger partial charge in [-0.05, 0) is 24.5 Å². The molecule has 0 spiro atoms. The largest absolute Gasteiger partial charge is 0.370 e. The molecule has 0 aliphatic carbocycles. The second-order valence-corrected chi connectivity index (χ2v) is 4.99. The molecule has 1 nitrogen and oxygen atoms in total. The highest BCUT2D eigenvalue weighted by Gasteiger charge is 2.14. The summed E-state index contributed by atoms with van der Waals surface area (Å²) in [7, 11) is 0. The first-order valence-corrected chi connectivity index (χ1v) is 6.59. The van der Waals surface area contributed by atoms with Gasteiger partial charge in [0.05, 0.1) is 10.7 Å². The van der Waals surface area contributed by atoms with Crippen LogP contribution in [0.1, 0.15) is 26.3 Å². The molecule has 0 heterocycles. The fraction of sp³-hybridized carbons (Fsp3) is 0.538. The molecule has 0 radical (unpaired) electrons. The minimum atomic E-state index is 0.504. The Hall–Kier alpha value is -0.400. The van der Waals surface area contributed by atoms with Crippen molar-refractivity contribution in [3.63, 3.8) is 0 Å². The first-order chi connectivity index (χ1) is 7.60. The zero-order chi connectivity index (χ0) is 12.1. The van der Waals surface area contributed by atoms with E-state index in [-0.39, 0.29) is 0 Å². The molecule has 0 atom stereocenters. The Morgan fingerprint density at radius 1 is 1.31 bits per heavy atom. The Morgan fingerprint density at radius 3 is 2.50 bits per heavy atom. The number of anilines is 1. The van der Waals surface area contributed by atoms with Crippen LogP contribution in [0.2, 0.25) is 5.02 Å². The molecule has 1 rings (SSSR count). The van der Waals surface area contributed by atoms with Gasteiger partial charge in [-0.15, -0.1) is 11.6 Å². The molecule has 0 saturated heterocycles. The Morgan fingerprint density at radius 2 is 2.00 bits per heavy atom. The SMILES string of the molecule is CCN(CC(C)C)c1c(Cl)cccc1CCl. The van der Waals surface area contributed by atoms with Gasteiger partial charge >= 0.3 is 0 Å². The van der Waals surface area contributed by atoms with Gasteiger partial charge in [0.25, 0.3) is 0 Å². The second kappa shape index (κ2) is 6.36. The molecular weight excluding hydrogens is 241 g/mol. The number of alkyl halides is 1. The second-order valence-electron chi connectivity index (χ2n) is 4.31. The van der Waals surface area contributed by atoms with Gasteiger partial charge in [0.2, 0.25) is 0 Å². The van der Waals surface area contributed by atoms with Crippen LogP contribution < -0.4 is 4.90 Å². The molecule has 90 valence electrons. The summed E-state index contributed by atoms with van der Waals surface area (Å²) < 4.78 is 0. The summed E-state index contributed by atoms with van der Waals surface area (Å²) in [6.45, 7) is 8.51. The molecule has 3 heteroatoms. The molecule has 0 amide bonds. The van der Waals surface area contributed by atoms with Crippen LogP contribution in [0.5, 0.6) is 0 Å². The number of nitrogens with zero attached hydrogens (tertiary/aromatic N) is 1. The van der Waals surface area contributed by atoms with E-state index in [0.717, 1.165) is 29.4 Å². The molecule has 16 heavy (non-hydrogen) atoms. The van der Waals surface area contributed by atoms with Gasteiger partial charge in [-0.25, -0.2) is 0 Å². The normalized spacial score (nSPS) is 10.9. The van der Waals surface area contributed by atoms with Crippen molar-refractivity contribution in [3.8, 4) is 0 Å². The van der Waals surface area contributed by atoms with E-state index in [2.05, 4.69) is 25.7 Å². The van der Waals surface area contributed by atoms with E-state index in [4.69, 9.17) is 23.2 Å². The van der Waals surface area contributed by atoms with E-state index >= 15 is 0 Å².